The number of halogens is 1. The summed E-state index contributed by atoms with van der Waals surface area (Å²) in [7, 11) is 2.01. The molecule has 0 saturated carbocycles. The molecule has 0 N–H and O–H groups in total. The Hall–Kier alpha value is -2.17. The van der Waals surface area contributed by atoms with E-state index in [-0.39, 0.29) is 12.1 Å². The number of fused-ring (bicyclic) bond motifs is 5. The fourth-order valence-corrected chi connectivity index (χ4v) is 4.36. The lowest BCUT2D eigenvalue weighted by Crippen LogP contribution is -2.55. The third kappa shape index (κ3) is 1.70. The van der Waals surface area contributed by atoms with Crippen LogP contribution in [0.15, 0.2) is 36.8 Å². The van der Waals surface area contributed by atoms with Gasteiger partial charge in [0.2, 0.25) is 0 Å². The molecule has 1 aromatic heterocycles. The molecule has 3 unspecified atom stereocenters. The molecule has 0 bridgehead atoms. The van der Waals surface area contributed by atoms with Crippen LogP contribution in [0.25, 0.3) is 0 Å². The Morgan fingerprint density at radius 1 is 1.22 bits per heavy atom. The molecule has 120 valence electrons. The highest BCUT2D eigenvalue weighted by molar-refractivity contribution is 5.82. The maximum atomic E-state index is 16.1. The van der Waals surface area contributed by atoms with Crippen LogP contribution >= 0.6 is 0 Å². The van der Waals surface area contributed by atoms with E-state index < -0.39 is 5.67 Å². The van der Waals surface area contributed by atoms with E-state index >= 15 is 4.39 Å². The lowest BCUT2D eigenvalue weighted by atomic mass is 9.73. The normalized spacial score (nSPS) is 28.3. The van der Waals surface area contributed by atoms with Gasteiger partial charge in [0.05, 0.1) is 11.9 Å². The second-order valence-electron chi connectivity index (χ2n) is 6.37. The Labute approximate surface area is 136 Å². The molecule has 0 fully saturated rings. The van der Waals surface area contributed by atoms with Crippen molar-refractivity contribution >= 4 is 17.2 Å². The molecule has 0 radical (unpaired) electrons. The molecule has 2 aliphatic heterocycles. The average molecular weight is 312 g/mol. The van der Waals surface area contributed by atoms with Crippen molar-refractivity contribution in [2.45, 2.75) is 38.5 Å². The molecule has 0 saturated heterocycles. The zero-order chi connectivity index (χ0) is 16.2. The van der Waals surface area contributed by atoms with Crippen molar-refractivity contribution < 1.29 is 4.39 Å². The number of anilines is 3. The van der Waals surface area contributed by atoms with Gasteiger partial charge in [-0.1, -0.05) is 32.0 Å². The van der Waals surface area contributed by atoms with E-state index in [1.807, 2.05) is 44.4 Å². The molecule has 0 spiro atoms. The van der Waals surface area contributed by atoms with Crippen LogP contribution in [0, 0.1) is 5.92 Å². The SMILES string of the molecule is CCC1C2N(C)c3cncnc3N2c2ccccc2C1(F)CC. The standard InChI is InChI=1S/C18H21FN4/c1-4-12-17-22(3)15-10-20-11-21-16(15)23(17)14-9-7-6-8-13(14)18(12,19)5-2/h6-12,17H,4-5H2,1-3H3. The van der Waals surface area contributed by atoms with Crippen molar-refractivity contribution in [3.05, 3.63) is 42.4 Å². The molecule has 1 aromatic carbocycles. The zero-order valence-corrected chi connectivity index (χ0v) is 13.7. The highest BCUT2D eigenvalue weighted by atomic mass is 19.1. The smallest absolute Gasteiger partial charge is 0.161 e. The highest BCUT2D eigenvalue weighted by Gasteiger charge is 2.55. The molecule has 5 heteroatoms. The lowest BCUT2D eigenvalue weighted by Gasteiger charge is -2.48. The van der Waals surface area contributed by atoms with Crippen LogP contribution < -0.4 is 9.80 Å². The summed E-state index contributed by atoms with van der Waals surface area (Å²) in [6.07, 6.45) is 4.57. The minimum absolute atomic E-state index is 0.0634. The summed E-state index contributed by atoms with van der Waals surface area (Å²) in [6.45, 7) is 4.01. The molecule has 4 rings (SSSR count). The van der Waals surface area contributed by atoms with Gasteiger partial charge in [-0.25, -0.2) is 14.4 Å². The van der Waals surface area contributed by atoms with Crippen LogP contribution in [0.5, 0.6) is 0 Å². The van der Waals surface area contributed by atoms with Gasteiger partial charge in [-0.15, -0.1) is 0 Å². The number of hydrogen-bond donors (Lipinski definition) is 0. The number of aromatic nitrogens is 2. The van der Waals surface area contributed by atoms with Gasteiger partial charge in [0.15, 0.2) is 5.82 Å². The average Bonchev–Trinajstić information content (AvgIpc) is 2.89. The second-order valence-corrected chi connectivity index (χ2v) is 6.37. The molecule has 0 aliphatic carbocycles. The predicted octanol–water partition coefficient (Wildman–Crippen LogP) is 4.01. The molecule has 3 heterocycles. The fourth-order valence-electron chi connectivity index (χ4n) is 4.36. The molecule has 2 aromatic rings. The maximum absolute atomic E-state index is 16.1. The minimum Gasteiger partial charge on any atom is -0.349 e. The van der Waals surface area contributed by atoms with Crippen LogP contribution in [0.2, 0.25) is 0 Å². The Morgan fingerprint density at radius 2 is 2.00 bits per heavy atom. The monoisotopic (exact) mass is 312 g/mol. The van der Waals surface area contributed by atoms with Crippen molar-refractivity contribution in [3.8, 4) is 0 Å². The molecule has 4 nitrogen and oxygen atoms in total. The molecule has 3 atom stereocenters. The number of rotatable bonds is 2. The summed E-state index contributed by atoms with van der Waals surface area (Å²) in [5.41, 5.74) is 1.35. The van der Waals surface area contributed by atoms with E-state index in [1.165, 1.54) is 0 Å². The van der Waals surface area contributed by atoms with Gasteiger partial charge < -0.3 is 9.80 Å². The number of hydrogen-bond acceptors (Lipinski definition) is 4. The number of nitrogens with zero attached hydrogens (tertiary/aromatic N) is 4. The van der Waals surface area contributed by atoms with Gasteiger partial charge in [0, 0.05) is 18.5 Å². The van der Waals surface area contributed by atoms with Crippen LogP contribution in [-0.4, -0.2) is 23.2 Å². The summed E-state index contributed by atoms with van der Waals surface area (Å²) < 4.78 is 16.1. The van der Waals surface area contributed by atoms with Gasteiger partial charge in [-0.05, 0) is 18.9 Å². The first-order valence-electron chi connectivity index (χ1n) is 8.24. The van der Waals surface area contributed by atoms with Crippen LogP contribution in [0.1, 0.15) is 32.3 Å². The third-order valence-corrected chi connectivity index (χ3v) is 5.46. The first-order chi connectivity index (χ1) is 11.1. The number of alkyl halides is 1. The fraction of sp³-hybridized carbons (Fsp3) is 0.444. The first kappa shape index (κ1) is 14.4. The summed E-state index contributed by atoms with van der Waals surface area (Å²) in [6, 6.07) is 7.83. The summed E-state index contributed by atoms with van der Waals surface area (Å²) in [4.78, 5) is 13.0. The number of para-hydroxylation sites is 1. The van der Waals surface area contributed by atoms with E-state index in [2.05, 4.69) is 26.7 Å². The van der Waals surface area contributed by atoms with E-state index in [9.17, 15) is 0 Å². The van der Waals surface area contributed by atoms with Crippen molar-refractivity contribution in [3.63, 3.8) is 0 Å². The Balaban J connectivity index is 2.01. The summed E-state index contributed by atoms with van der Waals surface area (Å²) in [5.74, 6) is 0.748. The van der Waals surface area contributed by atoms with Gasteiger partial charge in [-0.3, -0.25) is 0 Å². The van der Waals surface area contributed by atoms with Gasteiger partial charge >= 0.3 is 0 Å². The van der Waals surface area contributed by atoms with Gasteiger partial charge in [-0.2, -0.15) is 0 Å². The van der Waals surface area contributed by atoms with Crippen molar-refractivity contribution in [2.24, 2.45) is 5.92 Å². The maximum Gasteiger partial charge on any atom is 0.161 e. The van der Waals surface area contributed by atoms with E-state index in [1.54, 1.807) is 6.33 Å². The van der Waals surface area contributed by atoms with Crippen molar-refractivity contribution in [1.29, 1.82) is 0 Å². The van der Waals surface area contributed by atoms with Crippen LogP contribution in [0.4, 0.5) is 21.6 Å². The number of benzene rings is 1. The van der Waals surface area contributed by atoms with E-state index in [0.717, 1.165) is 29.2 Å². The molecular weight excluding hydrogens is 291 g/mol. The topological polar surface area (TPSA) is 32.3 Å². The highest BCUT2D eigenvalue weighted by Crippen LogP contribution is 2.57. The Bertz CT molecular complexity index is 749. The van der Waals surface area contributed by atoms with Crippen molar-refractivity contribution in [2.75, 3.05) is 16.8 Å². The van der Waals surface area contributed by atoms with Gasteiger partial charge in [0.25, 0.3) is 0 Å². The molecule has 23 heavy (non-hydrogen) atoms. The minimum atomic E-state index is -1.32. The van der Waals surface area contributed by atoms with Gasteiger partial charge in [0.1, 0.15) is 23.8 Å². The van der Waals surface area contributed by atoms with E-state index in [0.29, 0.717) is 6.42 Å². The largest absolute Gasteiger partial charge is 0.349 e. The summed E-state index contributed by atoms with van der Waals surface area (Å²) >= 11 is 0. The lowest BCUT2D eigenvalue weighted by molar-refractivity contribution is 0.0473. The quantitative estimate of drug-likeness (QED) is 0.839. The first-order valence-corrected chi connectivity index (χ1v) is 8.24. The molecular formula is C18H21FN4. The Kier molecular flexibility index (Phi) is 3.08. The second kappa shape index (κ2) is 4.91. The zero-order valence-electron chi connectivity index (χ0n) is 13.7. The third-order valence-electron chi connectivity index (χ3n) is 5.46. The Morgan fingerprint density at radius 3 is 2.74 bits per heavy atom. The predicted molar refractivity (Wildman–Crippen MR) is 89.7 cm³/mol. The van der Waals surface area contributed by atoms with Crippen LogP contribution in [0.3, 0.4) is 0 Å². The van der Waals surface area contributed by atoms with Crippen LogP contribution in [-0.2, 0) is 5.67 Å². The summed E-state index contributed by atoms with van der Waals surface area (Å²) in [5, 5.41) is 0. The van der Waals surface area contributed by atoms with E-state index in [4.69, 9.17) is 0 Å². The molecule has 0 amide bonds. The molecule has 2 aliphatic rings. The van der Waals surface area contributed by atoms with Crippen molar-refractivity contribution in [1.82, 2.24) is 9.97 Å².